The van der Waals surface area contributed by atoms with Crippen LogP contribution in [0.5, 0.6) is 0 Å². The molecule has 6 heteroatoms. The molecule has 1 saturated heterocycles. The van der Waals surface area contributed by atoms with E-state index in [1.54, 1.807) is 7.11 Å². The molecule has 0 radical (unpaired) electrons. The van der Waals surface area contributed by atoms with E-state index < -0.39 is 0 Å². The molecule has 0 aromatic heterocycles. The zero-order valence-electron chi connectivity index (χ0n) is 13.1. The summed E-state index contributed by atoms with van der Waals surface area (Å²) in [5.41, 5.74) is 2.31. The second-order valence-corrected chi connectivity index (χ2v) is 5.17. The van der Waals surface area contributed by atoms with Crippen molar-refractivity contribution in [1.82, 2.24) is 10.6 Å². The molecule has 0 bridgehead atoms. The first-order valence-corrected chi connectivity index (χ1v) is 7.68. The van der Waals surface area contributed by atoms with Crippen molar-refractivity contribution in [3.05, 3.63) is 29.8 Å². The number of hydrogen-bond acceptors (Lipinski definition) is 5. The first kappa shape index (κ1) is 16.7. The van der Waals surface area contributed by atoms with Crippen molar-refractivity contribution in [3.8, 4) is 0 Å². The van der Waals surface area contributed by atoms with E-state index in [9.17, 15) is 4.79 Å². The van der Waals surface area contributed by atoms with E-state index in [0.29, 0.717) is 26.2 Å². The summed E-state index contributed by atoms with van der Waals surface area (Å²) in [6.07, 6.45) is 0. The molecule has 1 amide bonds. The van der Waals surface area contributed by atoms with Crippen LogP contribution in [0.15, 0.2) is 24.3 Å². The van der Waals surface area contributed by atoms with Gasteiger partial charge in [-0.15, -0.1) is 0 Å². The Bertz CT molecular complexity index is 462. The van der Waals surface area contributed by atoms with Crippen LogP contribution in [0, 0.1) is 0 Å². The maximum absolute atomic E-state index is 11.8. The molecular weight excluding hydrogens is 282 g/mol. The lowest BCUT2D eigenvalue weighted by Gasteiger charge is -2.30. The summed E-state index contributed by atoms with van der Waals surface area (Å²) in [7, 11) is 1.64. The SMILES string of the molecule is COCCNCC(=O)NCc1ccccc1N1CCOCC1. The molecule has 1 aromatic carbocycles. The summed E-state index contributed by atoms with van der Waals surface area (Å²) in [5, 5.41) is 5.99. The van der Waals surface area contributed by atoms with Gasteiger partial charge in [-0.2, -0.15) is 0 Å². The molecule has 122 valence electrons. The highest BCUT2D eigenvalue weighted by molar-refractivity contribution is 5.78. The normalized spacial score (nSPS) is 14.9. The largest absolute Gasteiger partial charge is 0.383 e. The van der Waals surface area contributed by atoms with Gasteiger partial charge in [0, 0.05) is 39.0 Å². The molecule has 1 aliphatic heterocycles. The third-order valence-corrected chi connectivity index (χ3v) is 3.59. The molecule has 0 saturated carbocycles. The van der Waals surface area contributed by atoms with Crippen molar-refractivity contribution >= 4 is 11.6 Å². The summed E-state index contributed by atoms with van der Waals surface area (Å²) in [6, 6.07) is 8.19. The number of amides is 1. The van der Waals surface area contributed by atoms with Crippen LogP contribution in [-0.2, 0) is 20.8 Å². The Balaban J connectivity index is 1.83. The van der Waals surface area contributed by atoms with Gasteiger partial charge >= 0.3 is 0 Å². The molecule has 6 nitrogen and oxygen atoms in total. The zero-order valence-corrected chi connectivity index (χ0v) is 13.1. The van der Waals surface area contributed by atoms with Gasteiger partial charge < -0.3 is 25.0 Å². The molecule has 2 N–H and O–H groups in total. The van der Waals surface area contributed by atoms with Crippen molar-refractivity contribution in [2.24, 2.45) is 0 Å². The van der Waals surface area contributed by atoms with E-state index in [2.05, 4.69) is 27.7 Å². The van der Waals surface area contributed by atoms with Gasteiger partial charge in [0.05, 0.1) is 26.4 Å². The summed E-state index contributed by atoms with van der Waals surface area (Å²) in [6.45, 7) is 5.42. The number of para-hydroxylation sites is 1. The fourth-order valence-corrected chi connectivity index (χ4v) is 2.41. The number of rotatable bonds is 8. The van der Waals surface area contributed by atoms with Crippen molar-refractivity contribution < 1.29 is 14.3 Å². The quantitative estimate of drug-likeness (QED) is 0.680. The first-order chi connectivity index (χ1) is 10.8. The Morgan fingerprint density at radius 3 is 2.86 bits per heavy atom. The van der Waals surface area contributed by atoms with E-state index in [1.807, 2.05) is 12.1 Å². The molecule has 0 unspecified atom stereocenters. The van der Waals surface area contributed by atoms with Crippen LogP contribution < -0.4 is 15.5 Å². The van der Waals surface area contributed by atoms with Crippen molar-refractivity contribution in [2.75, 3.05) is 58.0 Å². The molecule has 1 fully saturated rings. The minimum atomic E-state index is -0.00659. The molecule has 1 aromatic rings. The lowest BCUT2D eigenvalue weighted by atomic mass is 10.1. The molecule has 0 spiro atoms. The van der Waals surface area contributed by atoms with Crippen LogP contribution in [0.3, 0.4) is 0 Å². The predicted octanol–water partition coefficient (Wildman–Crippen LogP) is 0.375. The van der Waals surface area contributed by atoms with Gasteiger partial charge in [-0.1, -0.05) is 18.2 Å². The lowest BCUT2D eigenvalue weighted by Crippen LogP contribution is -2.38. The van der Waals surface area contributed by atoms with E-state index >= 15 is 0 Å². The number of carbonyl (C=O) groups is 1. The first-order valence-electron chi connectivity index (χ1n) is 7.68. The smallest absolute Gasteiger partial charge is 0.234 e. The van der Waals surface area contributed by atoms with Crippen LogP contribution in [0.4, 0.5) is 5.69 Å². The van der Waals surface area contributed by atoms with Crippen LogP contribution in [0.2, 0.25) is 0 Å². The third-order valence-electron chi connectivity index (χ3n) is 3.59. The van der Waals surface area contributed by atoms with E-state index in [1.165, 1.54) is 5.69 Å². The molecule has 2 rings (SSSR count). The maximum atomic E-state index is 11.8. The van der Waals surface area contributed by atoms with Crippen molar-refractivity contribution in [1.29, 1.82) is 0 Å². The molecule has 0 atom stereocenters. The Labute approximate surface area is 131 Å². The monoisotopic (exact) mass is 307 g/mol. The number of hydrogen-bond donors (Lipinski definition) is 2. The predicted molar refractivity (Wildman–Crippen MR) is 86.1 cm³/mol. The van der Waals surface area contributed by atoms with Crippen molar-refractivity contribution in [2.45, 2.75) is 6.54 Å². The van der Waals surface area contributed by atoms with Crippen molar-refractivity contribution in [3.63, 3.8) is 0 Å². The Hall–Kier alpha value is -1.63. The highest BCUT2D eigenvalue weighted by atomic mass is 16.5. The highest BCUT2D eigenvalue weighted by Crippen LogP contribution is 2.21. The number of ether oxygens (including phenoxy) is 2. The molecule has 1 aliphatic rings. The molecular formula is C16H25N3O3. The number of nitrogens with zero attached hydrogens (tertiary/aromatic N) is 1. The second-order valence-electron chi connectivity index (χ2n) is 5.17. The number of nitrogens with one attached hydrogen (secondary N) is 2. The maximum Gasteiger partial charge on any atom is 0.234 e. The minimum absolute atomic E-state index is 0.00659. The Morgan fingerprint density at radius 2 is 2.09 bits per heavy atom. The zero-order chi connectivity index (χ0) is 15.6. The van der Waals surface area contributed by atoms with E-state index in [-0.39, 0.29) is 5.91 Å². The van der Waals surface area contributed by atoms with Crippen LogP contribution in [-0.4, -0.2) is 59.0 Å². The standard InChI is InChI=1S/C16H25N3O3/c1-21-9-6-17-13-16(20)18-12-14-4-2-3-5-15(14)19-7-10-22-11-8-19/h2-5,17H,6-13H2,1H3,(H,18,20). The number of anilines is 1. The van der Waals surface area contributed by atoms with Gasteiger partial charge in [-0.25, -0.2) is 0 Å². The van der Waals surface area contributed by atoms with Gasteiger partial charge in [0.1, 0.15) is 0 Å². The molecule has 0 aliphatic carbocycles. The number of methoxy groups -OCH3 is 1. The van der Waals surface area contributed by atoms with E-state index in [4.69, 9.17) is 9.47 Å². The molecule has 22 heavy (non-hydrogen) atoms. The highest BCUT2D eigenvalue weighted by Gasteiger charge is 2.14. The second kappa shape index (κ2) is 9.40. The number of benzene rings is 1. The van der Waals surface area contributed by atoms with E-state index in [0.717, 1.165) is 31.9 Å². The Kier molecular flexibility index (Phi) is 7.15. The number of carbonyl (C=O) groups excluding carboxylic acids is 1. The Morgan fingerprint density at radius 1 is 1.32 bits per heavy atom. The fourth-order valence-electron chi connectivity index (χ4n) is 2.41. The van der Waals surface area contributed by atoms with Gasteiger partial charge in [0.2, 0.25) is 5.91 Å². The average Bonchev–Trinajstić information content (AvgIpc) is 2.58. The third kappa shape index (κ3) is 5.29. The van der Waals surface area contributed by atoms with Gasteiger partial charge in [-0.3, -0.25) is 4.79 Å². The summed E-state index contributed by atoms with van der Waals surface area (Å²) in [4.78, 5) is 14.1. The number of morpholine rings is 1. The van der Waals surface area contributed by atoms with Crippen LogP contribution in [0.1, 0.15) is 5.56 Å². The minimum Gasteiger partial charge on any atom is -0.383 e. The topological polar surface area (TPSA) is 62.8 Å². The van der Waals surface area contributed by atoms with Gasteiger partial charge in [-0.05, 0) is 11.6 Å². The molecule has 1 heterocycles. The summed E-state index contributed by atoms with van der Waals surface area (Å²) in [5.74, 6) is -0.00659. The van der Waals surface area contributed by atoms with Crippen LogP contribution in [0.25, 0.3) is 0 Å². The summed E-state index contributed by atoms with van der Waals surface area (Å²) >= 11 is 0. The summed E-state index contributed by atoms with van der Waals surface area (Å²) < 4.78 is 10.3. The van der Waals surface area contributed by atoms with Gasteiger partial charge in [0.25, 0.3) is 0 Å². The van der Waals surface area contributed by atoms with Gasteiger partial charge in [0.15, 0.2) is 0 Å². The average molecular weight is 307 g/mol. The van der Waals surface area contributed by atoms with Crippen LogP contribution >= 0.6 is 0 Å². The fraction of sp³-hybridized carbons (Fsp3) is 0.562. The lowest BCUT2D eigenvalue weighted by molar-refractivity contribution is -0.120.